The molecule has 0 amide bonds. The van der Waals surface area contributed by atoms with Crippen molar-refractivity contribution < 1.29 is 27.1 Å². The topological polar surface area (TPSA) is 86.3 Å². The predicted molar refractivity (Wildman–Crippen MR) is 154 cm³/mol. The summed E-state index contributed by atoms with van der Waals surface area (Å²) < 4.78 is 65.0. The molecule has 1 heterocycles. The van der Waals surface area contributed by atoms with Gasteiger partial charge in [-0.3, -0.25) is 14.2 Å². The number of carbonyl (C=O) groups is 1. The first kappa shape index (κ1) is 32.1. The largest absolute Gasteiger partial charge is 0.491 e. The summed E-state index contributed by atoms with van der Waals surface area (Å²) in [6, 6.07) is 1.85. The number of Topliss-reactive ketones (excluding diaryl/α,β-unsaturated/α-hetero) is 1. The minimum Gasteiger partial charge on any atom is -0.491 e. The number of hydrogen-bond donors (Lipinski definition) is 2. The molecule has 0 fully saturated rings. The zero-order chi connectivity index (χ0) is 30.6. The van der Waals surface area contributed by atoms with Crippen LogP contribution in [0.15, 0.2) is 70.5 Å². The molecule has 1 aromatic rings. The highest BCUT2D eigenvalue weighted by Crippen LogP contribution is 2.36. The summed E-state index contributed by atoms with van der Waals surface area (Å²) in [5.41, 5.74) is 3.34. The second-order valence-electron chi connectivity index (χ2n) is 11.9. The predicted octanol–water partition coefficient (Wildman–Crippen LogP) is 6.87. The molecule has 0 aromatic carbocycles. The van der Waals surface area contributed by atoms with E-state index in [2.05, 4.69) is 25.7 Å². The number of nitrogens with zero attached hydrogens (tertiary/aromatic N) is 1. The third kappa shape index (κ3) is 8.09. The van der Waals surface area contributed by atoms with Gasteiger partial charge in [-0.2, -0.15) is 0 Å². The van der Waals surface area contributed by atoms with Crippen LogP contribution in [0, 0.1) is 11.8 Å². The van der Waals surface area contributed by atoms with Gasteiger partial charge in [-0.25, -0.2) is 17.6 Å². The zero-order valence-corrected chi connectivity index (χ0v) is 24.2. The molecule has 1 aromatic heterocycles. The number of hydrogen-bond acceptors (Lipinski definition) is 5. The summed E-state index contributed by atoms with van der Waals surface area (Å²) in [6.07, 6.45) is 2.04. The molecule has 2 aliphatic carbocycles. The minimum atomic E-state index is -1.57. The number of nitrogens with two attached hydrogens (primary N) is 1. The maximum Gasteiger partial charge on any atom is 0.256 e. The monoisotopic (exact) mass is 577 g/mol. The lowest BCUT2D eigenvalue weighted by Crippen LogP contribution is -2.36. The number of ether oxygens (including phenoxy) is 1. The smallest absolute Gasteiger partial charge is 0.256 e. The first-order valence-electron chi connectivity index (χ1n) is 13.7. The number of aromatic nitrogens is 1. The second kappa shape index (κ2) is 13.1. The first-order valence-corrected chi connectivity index (χ1v) is 13.7. The van der Waals surface area contributed by atoms with Crippen LogP contribution in [0.5, 0.6) is 0 Å². The lowest BCUT2D eigenvalue weighted by molar-refractivity contribution is 0.0378. The molecule has 0 aliphatic heterocycles. The third-order valence-corrected chi connectivity index (χ3v) is 6.73. The van der Waals surface area contributed by atoms with E-state index in [-0.39, 0.29) is 18.0 Å². The van der Waals surface area contributed by atoms with Gasteiger partial charge in [0.25, 0.3) is 5.56 Å². The van der Waals surface area contributed by atoms with Gasteiger partial charge < -0.3 is 15.8 Å². The summed E-state index contributed by atoms with van der Waals surface area (Å²) in [5.74, 6) is -3.90. The molecule has 10 heteroatoms. The summed E-state index contributed by atoms with van der Waals surface area (Å²) in [4.78, 5) is 25.6. The summed E-state index contributed by atoms with van der Waals surface area (Å²) in [6.45, 7) is 14.4. The number of allylic oxidation sites excluding steroid dienone is 8. The molecule has 0 bridgehead atoms. The molecular formula is C31H39F4N3O3. The number of carbonyl (C=O) groups excluding carboxylic acids is 1. The molecule has 2 aliphatic rings. The molecule has 0 radical (unpaired) electrons. The minimum absolute atomic E-state index is 0.143. The van der Waals surface area contributed by atoms with Crippen LogP contribution in [0.4, 0.5) is 23.4 Å². The van der Waals surface area contributed by atoms with Gasteiger partial charge in [0.1, 0.15) is 46.5 Å². The van der Waals surface area contributed by atoms with Crippen LogP contribution in [0.3, 0.4) is 0 Å². The molecule has 0 saturated carbocycles. The van der Waals surface area contributed by atoms with Crippen molar-refractivity contribution in [3.05, 3.63) is 81.7 Å². The Bertz CT molecular complexity index is 1370. The van der Waals surface area contributed by atoms with Gasteiger partial charge in [-0.15, -0.1) is 0 Å². The van der Waals surface area contributed by atoms with E-state index in [1.807, 2.05) is 20.8 Å². The van der Waals surface area contributed by atoms with Gasteiger partial charge in [0, 0.05) is 18.9 Å². The molecule has 3 atom stereocenters. The Morgan fingerprint density at radius 1 is 1.20 bits per heavy atom. The van der Waals surface area contributed by atoms with E-state index in [0.717, 1.165) is 30.7 Å². The Morgan fingerprint density at radius 3 is 2.46 bits per heavy atom. The van der Waals surface area contributed by atoms with Crippen molar-refractivity contribution in [3.8, 4) is 0 Å². The number of nitrogen functional groups attached to an aromatic ring is 1. The van der Waals surface area contributed by atoms with Gasteiger partial charge in [0.15, 0.2) is 5.78 Å². The van der Waals surface area contributed by atoms with Gasteiger partial charge in [0.05, 0.1) is 17.2 Å². The average Bonchev–Trinajstić information content (AvgIpc) is 2.83. The molecule has 3 rings (SSSR count). The number of rotatable bonds is 11. The fraction of sp³-hybridized carbons (Fsp3) is 0.484. The number of nitrogens with one attached hydrogen (secondary N) is 1. The molecule has 6 nitrogen and oxygen atoms in total. The van der Waals surface area contributed by atoms with Crippen LogP contribution < -0.4 is 16.6 Å². The van der Waals surface area contributed by atoms with E-state index in [0.29, 0.717) is 29.2 Å². The maximum atomic E-state index is 15.4. The molecule has 3 N–H and O–H groups in total. The Kier molecular flexibility index (Phi) is 10.2. The van der Waals surface area contributed by atoms with Crippen molar-refractivity contribution in [2.24, 2.45) is 11.8 Å². The summed E-state index contributed by atoms with van der Waals surface area (Å²) >= 11 is 0. The van der Waals surface area contributed by atoms with E-state index in [4.69, 9.17) is 10.5 Å². The van der Waals surface area contributed by atoms with Crippen molar-refractivity contribution in [3.63, 3.8) is 0 Å². The van der Waals surface area contributed by atoms with Crippen molar-refractivity contribution in [2.75, 3.05) is 12.3 Å². The van der Waals surface area contributed by atoms with Gasteiger partial charge >= 0.3 is 0 Å². The van der Waals surface area contributed by atoms with Crippen LogP contribution in [0.1, 0.15) is 70.7 Å². The molecule has 224 valence electrons. The molecule has 41 heavy (non-hydrogen) atoms. The van der Waals surface area contributed by atoms with Crippen LogP contribution in [-0.2, 0) is 4.74 Å². The fourth-order valence-electron chi connectivity index (χ4n) is 4.88. The fourth-order valence-corrected chi connectivity index (χ4v) is 4.88. The van der Waals surface area contributed by atoms with Crippen LogP contribution >= 0.6 is 0 Å². The zero-order valence-electron chi connectivity index (χ0n) is 24.2. The number of alkyl halides is 1. The van der Waals surface area contributed by atoms with Gasteiger partial charge in [-0.1, -0.05) is 20.4 Å². The van der Waals surface area contributed by atoms with Crippen LogP contribution in [0.25, 0.3) is 5.70 Å². The second-order valence-corrected chi connectivity index (χ2v) is 11.9. The van der Waals surface area contributed by atoms with E-state index in [1.165, 1.54) is 6.08 Å². The highest BCUT2D eigenvalue weighted by Gasteiger charge is 2.30. The number of anilines is 1. The average molecular weight is 578 g/mol. The third-order valence-electron chi connectivity index (χ3n) is 6.73. The molecule has 0 saturated heterocycles. The Morgan fingerprint density at radius 2 is 1.88 bits per heavy atom. The normalized spacial score (nSPS) is 20.4. The first-order chi connectivity index (χ1) is 19.1. The number of ketones is 1. The van der Waals surface area contributed by atoms with E-state index >= 15 is 8.78 Å². The van der Waals surface area contributed by atoms with Crippen LogP contribution in [-0.4, -0.2) is 34.7 Å². The van der Waals surface area contributed by atoms with Gasteiger partial charge in [0.2, 0.25) is 0 Å². The Balaban J connectivity index is 1.78. The quantitative estimate of drug-likeness (QED) is 0.170. The summed E-state index contributed by atoms with van der Waals surface area (Å²) in [5, 5.41) is 3.38. The lowest BCUT2D eigenvalue weighted by atomic mass is 9.93. The van der Waals surface area contributed by atoms with Gasteiger partial charge in [-0.05, 0) is 76.3 Å². The lowest BCUT2D eigenvalue weighted by Gasteiger charge is -2.30. The van der Waals surface area contributed by atoms with E-state index in [1.54, 1.807) is 0 Å². The highest BCUT2D eigenvalue weighted by molar-refractivity contribution is 6.13. The number of halogens is 4. The molecule has 2 unspecified atom stereocenters. The SMILES string of the molecule is C=C(OC(C)(C)C)[C@@H](CC(C)C)NCCC1C=C(F)C(n2c(N)c(C(=O)C3=C(F)CC(F)C=C3)ccc2=O)=C(F)C1. The Hall–Kier alpha value is -3.40. The number of pyridine rings is 1. The van der Waals surface area contributed by atoms with E-state index in [9.17, 15) is 18.4 Å². The van der Waals surface area contributed by atoms with Crippen molar-refractivity contribution in [1.82, 2.24) is 9.88 Å². The standard InChI is InChI=1S/C31H39F4N3O3/c1-17(2)13-26(18(3)41-31(4,5)6)37-12-11-19-14-24(34)28(25(35)15-19)38-27(39)10-9-22(30(38)36)29(40)21-8-7-20(32)16-23(21)33/h7-10,14,17,19-20,26,37H,3,11-13,15-16,36H2,1-2,4-6H3/t19?,20?,26-/m1/s1. The molecular weight excluding hydrogens is 538 g/mol. The van der Waals surface area contributed by atoms with Crippen molar-refractivity contribution in [1.29, 1.82) is 0 Å². The summed E-state index contributed by atoms with van der Waals surface area (Å²) in [7, 11) is 0. The van der Waals surface area contributed by atoms with Crippen molar-refractivity contribution in [2.45, 2.75) is 78.1 Å². The van der Waals surface area contributed by atoms with E-state index < -0.39 is 70.0 Å². The molecule has 0 spiro atoms. The van der Waals surface area contributed by atoms with Crippen LogP contribution in [0.2, 0.25) is 0 Å². The highest BCUT2D eigenvalue weighted by atomic mass is 19.1. The Labute approximate surface area is 238 Å². The maximum absolute atomic E-state index is 15.4. The van der Waals surface area contributed by atoms with Crippen molar-refractivity contribution >= 4 is 17.3 Å².